The Labute approximate surface area is 108 Å². The number of hydrogen-bond donors (Lipinski definition) is 1. The summed E-state index contributed by atoms with van der Waals surface area (Å²) in [6, 6.07) is 0.792. The minimum atomic E-state index is 0.792. The van der Waals surface area contributed by atoms with E-state index in [0.29, 0.717) is 0 Å². The lowest BCUT2D eigenvalue weighted by Gasteiger charge is -2.33. The molecule has 0 aliphatic carbocycles. The molecule has 1 aliphatic rings. The molecule has 0 aromatic carbocycles. The zero-order valence-corrected chi connectivity index (χ0v) is 12.3. The largest absolute Gasteiger partial charge is 0.317 e. The van der Waals surface area contributed by atoms with E-state index in [1.54, 1.807) is 0 Å². The van der Waals surface area contributed by atoms with Crippen molar-refractivity contribution in [3.8, 4) is 0 Å². The molecule has 0 amide bonds. The van der Waals surface area contributed by atoms with Crippen LogP contribution in [0.5, 0.6) is 0 Å². The van der Waals surface area contributed by atoms with Gasteiger partial charge >= 0.3 is 0 Å². The minimum absolute atomic E-state index is 0.792. The summed E-state index contributed by atoms with van der Waals surface area (Å²) in [6.45, 7) is 10.8. The molecule has 1 fully saturated rings. The summed E-state index contributed by atoms with van der Waals surface area (Å²) in [7, 11) is 2.33. The first-order valence-electron chi connectivity index (χ1n) is 7.58. The van der Waals surface area contributed by atoms with Crippen molar-refractivity contribution in [2.24, 2.45) is 11.8 Å². The fourth-order valence-electron chi connectivity index (χ4n) is 2.91. The van der Waals surface area contributed by atoms with Gasteiger partial charge in [0.2, 0.25) is 0 Å². The summed E-state index contributed by atoms with van der Waals surface area (Å²) in [5.74, 6) is 1.79. The van der Waals surface area contributed by atoms with Gasteiger partial charge in [-0.15, -0.1) is 0 Å². The van der Waals surface area contributed by atoms with Crippen molar-refractivity contribution in [2.75, 3.05) is 26.7 Å². The van der Waals surface area contributed by atoms with Gasteiger partial charge in [0.15, 0.2) is 0 Å². The highest BCUT2D eigenvalue weighted by molar-refractivity contribution is 4.76. The maximum Gasteiger partial charge on any atom is 0.00922 e. The van der Waals surface area contributed by atoms with E-state index >= 15 is 0 Å². The SMILES string of the molecule is CCC(C)CC(CC)N(C)CC1CCNCC1. The molecule has 1 aliphatic heterocycles. The Hall–Kier alpha value is -0.0800. The van der Waals surface area contributed by atoms with E-state index in [9.17, 15) is 0 Å². The Bertz CT molecular complexity index is 187. The third-order valence-electron chi connectivity index (χ3n) is 4.47. The fourth-order valence-corrected chi connectivity index (χ4v) is 2.91. The Balaban J connectivity index is 2.33. The van der Waals surface area contributed by atoms with Crippen molar-refractivity contribution >= 4 is 0 Å². The topological polar surface area (TPSA) is 15.3 Å². The zero-order chi connectivity index (χ0) is 12.7. The number of piperidine rings is 1. The summed E-state index contributed by atoms with van der Waals surface area (Å²) in [5, 5.41) is 3.45. The van der Waals surface area contributed by atoms with E-state index < -0.39 is 0 Å². The van der Waals surface area contributed by atoms with Gasteiger partial charge in [0.25, 0.3) is 0 Å². The molecule has 0 saturated carbocycles. The van der Waals surface area contributed by atoms with Crippen LogP contribution in [-0.4, -0.2) is 37.6 Å². The molecule has 2 heteroatoms. The summed E-state index contributed by atoms with van der Waals surface area (Å²) >= 11 is 0. The van der Waals surface area contributed by atoms with Crippen molar-refractivity contribution in [3.05, 3.63) is 0 Å². The van der Waals surface area contributed by atoms with Crippen LogP contribution in [0.3, 0.4) is 0 Å². The summed E-state index contributed by atoms with van der Waals surface area (Å²) in [5.41, 5.74) is 0. The quantitative estimate of drug-likeness (QED) is 0.735. The highest BCUT2D eigenvalue weighted by atomic mass is 15.1. The van der Waals surface area contributed by atoms with Gasteiger partial charge in [-0.2, -0.15) is 0 Å². The lowest BCUT2D eigenvalue weighted by Crippen LogP contribution is -2.39. The van der Waals surface area contributed by atoms with Gasteiger partial charge in [0, 0.05) is 12.6 Å². The van der Waals surface area contributed by atoms with Crippen LogP contribution >= 0.6 is 0 Å². The van der Waals surface area contributed by atoms with Gasteiger partial charge in [-0.05, 0) is 57.7 Å². The van der Waals surface area contributed by atoms with E-state index in [-0.39, 0.29) is 0 Å². The van der Waals surface area contributed by atoms with Crippen LogP contribution in [0.4, 0.5) is 0 Å². The smallest absolute Gasteiger partial charge is 0.00922 e. The Morgan fingerprint density at radius 3 is 2.35 bits per heavy atom. The van der Waals surface area contributed by atoms with Gasteiger partial charge < -0.3 is 10.2 Å². The first-order valence-corrected chi connectivity index (χ1v) is 7.58. The molecule has 2 atom stereocenters. The normalized spacial score (nSPS) is 21.7. The van der Waals surface area contributed by atoms with E-state index in [2.05, 4.69) is 38.0 Å². The van der Waals surface area contributed by atoms with Gasteiger partial charge in [0.05, 0.1) is 0 Å². The first-order chi connectivity index (χ1) is 8.17. The predicted octanol–water partition coefficient (Wildman–Crippen LogP) is 3.13. The van der Waals surface area contributed by atoms with E-state index in [4.69, 9.17) is 0 Å². The number of nitrogens with zero attached hydrogens (tertiary/aromatic N) is 1. The molecular weight excluding hydrogens is 208 g/mol. The molecule has 1 saturated heterocycles. The highest BCUT2D eigenvalue weighted by Gasteiger charge is 2.20. The second kappa shape index (κ2) is 8.10. The van der Waals surface area contributed by atoms with Crippen LogP contribution in [-0.2, 0) is 0 Å². The second-order valence-corrected chi connectivity index (χ2v) is 5.94. The molecule has 1 heterocycles. The fraction of sp³-hybridized carbons (Fsp3) is 1.00. The molecule has 0 bridgehead atoms. The van der Waals surface area contributed by atoms with Crippen molar-refractivity contribution in [3.63, 3.8) is 0 Å². The number of nitrogens with one attached hydrogen (secondary N) is 1. The Morgan fingerprint density at radius 2 is 1.82 bits per heavy atom. The van der Waals surface area contributed by atoms with Crippen LogP contribution in [0.15, 0.2) is 0 Å². The van der Waals surface area contributed by atoms with Gasteiger partial charge in [-0.25, -0.2) is 0 Å². The molecule has 1 rings (SSSR count). The van der Waals surface area contributed by atoms with Gasteiger partial charge in [-0.1, -0.05) is 27.2 Å². The molecule has 2 nitrogen and oxygen atoms in total. The van der Waals surface area contributed by atoms with Crippen LogP contribution in [0.1, 0.15) is 52.9 Å². The Kier molecular flexibility index (Phi) is 7.14. The van der Waals surface area contributed by atoms with Crippen LogP contribution in [0.2, 0.25) is 0 Å². The second-order valence-electron chi connectivity index (χ2n) is 5.94. The average molecular weight is 240 g/mol. The third kappa shape index (κ3) is 5.39. The maximum atomic E-state index is 3.45. The summed E-state index contributed by atoms with van der Waals surface area (Å²) < 4.78 is 0. The van der Waals surface area contributed by atoms with E-state index in [1.165, 1.54) is 51.7 Å². The third-order valence-corrected chi connectivity index (χ3v) is 4.47. The first kappa shape index (κ1) is 15.0. The molecule has 0 aromatic rings. The molecule has 2 unspecified atom stereocenters. The van der Waals surface area contributed by atoms with Crippen LogP contribution in [0, 0.1) is 11.8 Å². The molecule has 102 valence electrons. The van der Waals surface area contributed by atoms with E-state index in [0.717, 1.165) is 17.9 Å². The Morgan fingerprint density at radius 1 is 1.18 bits per heavy atom. The van der Waals surface area contributed by atoms with Crippen LogP contribution < -0.4 is 5.32 Å². The average Bonchev–Trinajstić information content (AvgIpc) is 2.36. The van der Waals surface area contributed by atoms with Gasteiger partial charge in [-0.3, -0.25) is 0 Å². The van der Waals surface area contributed by atoms with Crippen LogP contribution in [0.25, 0.3) is 0 Å². The van der Waals surface area contributed by atoms with Crippen molar-refractivity contribution in [1.29, 1.82) is 0 Å². The predicted molar refractivity (Wildman–Crippen MR) is 76.4 cm³/mol. The lowest BCUT2D eigenvalue weighted by atomic mass is 9.93. The molecule has 0 aromatic heterocycles. The van der Waals surface area contributed by atoms with Crippen molar-refractivity contribution in [2.45, 2.75) is 58.9 Å². The highest BCUT2D eigenvalue weighted by Crippen LogP contribution is 2.20. The van der Waals surface area contributed by atoms with E-state index in [1.807, 2.05) is 0 Å². The summed E-state index contributed by atoms with van der Waals surface area (Å²) in [4.78, 5) is 2.63. The van der Waals surface area contributed by atoms with Crippen molar-refractivity contribution < 1.29 is 0 Å². The maximum absolute atomic E-state index is 3.45. The molecule has 1 N–H and O–H groups in total. The molecular formula is C15H32N2. The number of rotatable bonds is 7. The monoisotopic (exact) mass is 240 g/mol. The molecule has 0 spiro atoms. The standard InChI is InChI=1S/C15H32N2/c1-5-13(3)11-15(6-2)17(4)12-14-7-9-16-10-8-14/h13-16H,5-12H2,1-4H3. The minimum Gasteiger partial charge on any atom is -0.317 e. The van der Waals surface area contributed by atoms with Gasteiger partial charge in [0.1, 0.15) is 0 Å². The van der Waals surface area contributed by atoms with Crippen molar-refractivity contribution in [1.82, 2.24) is 10.2 Å². The zero-order valence-electron chi connectivity index (χ0n) is 12.3. The summed E-state index contributed by atoms with van der Waals surface area (Å²) in [6.07, 6.45) is 6.71. The lowest BCUT2D eigenvalue weighted by molar-refractivity contribution is 0.160. The molecule has 17 heavy (non-hydrogen) atoms. The number of hydrogen-bond acceptors (Lipinski definition) is 2. The molecule has 0 radical (unpaired) electrons.